The third kappa shape index (κ3) is 11.6. The summed E-state index contributed by atoms with van der Waals surface area (Å²) in [7, 11) is 0. The largest absolute Gasteiger partial charge is 0.455 e. The summed E-state index contributed by atoms with van der Waals surface area (Å²) in [6, 6.07) is 155. The highest BCUT2D eigenvalue weighted by Crippen LogP contribution is 2.54. The fourth-order valence-corrected chi connectivity index (χ4v) is 26.4. The zero-order valence-electron chi connectivity index (χ0n) is 74.7. The number of thiophene rings is 3. The molecule has 11 aromatic heterocycles. The number of para-hydroxylation sites is 11. The average Bonchev–Trinajstić information content (AvgIpc) is 1.54. The van der Waals surface area contributed by atoms with Gasteiger partial charge in [-0.15, -0.1) is 34.0 Å². The highest BCUT2D eigenvalue weighted by atomic mass is 32.1. The number of benzene rings is 21. The second-order valence-corrected chi connectivity index (χ2v) is 39.2. The summed E-state index contributed by atoms with van der Waals surface area (Å²) in [5, 5.41) is 29.3. The summed E-state index contributed by atoms with van der Waals surface area (Å²) in [5.74, 6) is 2.17. The minimum Gasteiger partial charge on any atom is -0.455 e. The van der Waals surface area contributed by atoms with Gasteiger partial charge < -0.3 is 8.98 Å². The van der Waals surface area contributed by atoms with E-state index < -0.39 is 0 Å². The number of fused-ring (bicyclic) bond motifs is 39. The minimum absolute atomic E-state index is 0.645. The highest BCUT2D eigenvalue weighted by molar-refractivity contribution is 7.28. The van der Waals surface area contributed by atoms with Crippen LogP contribution < -0.4 is 0 Å². The van der Waals surface area contributed by atoms with Crippen LogP contribution >= 0.6 is 34.0 Å². The Bertz CT molecular complexity index is 10900. The van der Waals surface area contributed by atoms with E-state index in [4.69, 9.17) is 34.3 Å². The second kappa shape index (κ2) is 30.8. The van der Waals surface area contributed by atoms with Gasteiger partial charge in [0.15, 0.2) is 5.82 Å². The molecule has 0 N–H and O–H groups in total. The maximum atomic E-state index is 6.53. The predicted molar refractivity (Wildman–Crippen MR) is 591 cm³/mol. The molecule has 11 nitrogen and oxygen atoms in total. The van der Waals surface area contributed by atoms with Crippen molar-refractivity contribution in [1.82, 2.24) is 48.2 Å². The molecule has 0 fully saturated rings. The van der Waals surface area contributed by atoms with Gasteiger partial charge in [-0.05, 0) is 129 Å². The molecule has 0 unspecified atom stereocenters. The van der Waals surface area contributed by atoms with Gasteiger partial charge >= 0.3 is 0 Å². The zero-order chi connectivity index (χ0) is 91.5. The number of aromatic nitrogens is 10. The molecule has 21 aromatic carbocycles. The summed E-state index contributed by atoms with van der Waals surface area (Å²) < 4.78 is 23.5. The molecule has 32 rings (SSSR count). The molecule has 0 radical (unpaired) electrons. The van der Waals surface area contributed by atoms with Crippen LogP contribution in [0, 0.1) is 0 Å². The van der Waals surface area contributed by atoms with Gasteiger partial charge in [0.1, 0.15) is 16.9 Å². The predicted octanol–water partition coefficient (Wildman–Crippen LogP) is 34.7. The zero-order valence-corrected chi connectivity index (χ0v) is 77.1. The molecule has 140 heavy (non-hydrogen) atoms. The molecular formula is C126H72N10OS3. The summed E-state index contributed by atoms with van der Waals surface area (Å²) >= 11 is 5.57. The summed E-state index contributed by atoms with van der Waals surface area (Å²) in [4.78, 5) is 32.2. The van der Waals surface area contributed by atoms with E-state index in [9.17, 15) is 0 Å². The van der Waals surface area contributed by atoms with E-state index in [1.807, 2.05) is 76.5 Å². The van der Waals surface area contributed by atoms with Crippen LogP contribution in [0.2, 0.25) is 0 Å². The van der Waals surface area contributed by atoms with E-state index in [0.717, 1.165) is 133 Å². The monoisotopic (exact) mass is 1840 g/mol. The van der Waals surface area contributed by atoms with E-state index in [0.29, 0.717) is 11.9 Å². The Morgan fingerprint density at radius 1 is 0.200 bits per heavy atom. The van der Waals surface area contributed by atoms with Crippen LogP contribution in [0.5, 0.6) is 0 Å². The Morgan fingerprint density at radius 3 is 1.06 bits per heavy atom. The molecule has 0 saturated heterocycles. The molecule has 0 aliphatic heterocycles. The molecule has 0 amide bonds. The van der Waals surface area contributed by atoms with Crippen LogP contribution in [-0.2, 0) is 0 Å². The first kappa shape index (κ1) is 78.4. The summed E-state index contributed by atoms with van der Waals surface area (Å²) in [5.41, 5.74) is 21.3. The van der Waals surface area contributed by atoms with Crippen molar-refractivity contribution >= 4 is 269 Å². The lowest BCUT2D eigenvalue weighted by molar-refractivity contribution is 0.670. The van der Waals surface area contributed by atoms with Crippen molar-refractivity contribution in [2.45, 2.75) is 0 Å². The van der Waals surface area contributed by atoms with Gasteiger partial charge in [-0.3, -0.25) is 13.7 Å². The number of furan rings is 1. The Hall–Kier alpha value is -17.9. The van der Waals surface area contributed by atoms with Gasteiger partial charge in [0, 0.05) is 133 Å². The molecule has 0 aliphatic carbocycles. The third-order valence-corrected chi connectivity index (χ3v) is 32.0. The maximum Gasteiger partial charge on any atom is 0.235 e. The Balaban J connectivity index is 0.0000000997. The van der Waals surface area contributed by atoms with E-state index in [1.54, 1.807) is 0 Å². The number of hydrogen-bond acceptors (Lipinski definition) is 10. The van der Waals surface area contributed by atoms with Crippen LogP contribution in [0.25, 0.3) is 292 Å². The normalized spacial score (nSPS) is 12.1. The average molecular weight is 1840 g/mol. The second-order valence-electron chi connectivity index (χ2n) is 36.0. The first-order valence-electron chi connectivity index (χ1n) is 47.1. The van der Waals surface area contributed by atoms with Crippen molar-refractivity contribution in [3.63, 3.8) is 0 Å². The van der Waals surface area contributed by atoms with Crippen molar-refractivity contribution in [3.8, 4) is 57.2 Å². The van der Waals surface area contributed by atoms with Crippen LogP contribution in [0.4, 0.5) is 0 Å². The maximum absolute atomic E-state index is 6.53. The SMILES string of the molecule is c1ccc(-c2nc3ccccc3nc2-n2c3ccccc3c3c4ccccc4c4c5ccccc5sc4c32)cc1.c1ccc(-n2c3ccccc3c3ccc(-c4nc(-n5c6ccccc6c6c7ccccc7c7c8ccccc8sc7c65)nc5ccccc45)cc32)cc1.c1ccc2c(-c3cccc4c3oc3ccccc34)nc(-n3c4ccccc4c4c5ccccc5c5c6ccccc6sc5c43)nc2c1. The summed E-state index contributed by atoms with van der Waals surface area (Å²) in [6.45, 7) is 0. The summed E-state index contributed by atoms with van der Waals surface area (Å²) in [6.07, 6.45) is 0. The number of nitrogens with zero attached hydrogens (tertiary/aromatic N) is 10. The van der Waals surface area contributed by atoms with E-state index >= 15 is 0 Å². The first-order chi connectivity index (χ1) is 69.5. The van der Waals surface area contributed by atoms with Crippen LogP contribution in [0.1, 0.15) is 0 Å². The molecule has 0 bridgehead atoms. The fourth-order valence-electron chi connectivity index (χ4n) is 22.6. The molecule has 0 atom stereocenters. The van der Waals surface area contributed by atoms with Crippen molar-refractivity contribution in [2.75, 3.05) is 0 Å². The van der Waals surface area contributed by atoms with Crippen LogP contribution in [-0.4, -0.2) is 48.2 Å². The Labute approximate surface area is 809 Å². The quantitative estimate of drug-likeness (QED) is 0.156. The number of rotatable bonds is 7. The third-order valence-electron chi connectivity index (χ3n) is 28.5. The smallest absolute Gasteiger partial charge is 0.235 e. The first-order valence-corrected chi connectivity index (χ1v) is 49.6. The van der Waals surface area contributed by atoms with Crippen molar-refractivity contribution in [2.24, 2.45) is 0 Å². The standard InChI is InChI=1S/C48H28N4S.C42H23N3OS.C36H21N3S/c1-2-14-30(15-3-1)51-39-23-11-7-16-31(39)32-27-26-29(28-41(32)51)45-35-19-6-10-22-38(35)49-48(50-45)52-40-24-12-8-20-36(40)43-33-17-4-5-18-34(33)44-37-21-9-13-25-42(37)53-47(44)46(43)52;1-2-14-26-25(13-1)36-29-16-4-8-21-33(29)45(39(36)41-37(26)30-17-6-10-23-35(30)47-41)42-43-32-20-7-3-15-28(32)38(44-42)31-19-11-18-27-24-12-5-9-22-34(24)46-40(27)31;1-2-12-22(13-3-1)33-36(38-28-19-9-8-18-27(28)37-33)39-29-20-10-6-16-25(29)31-23-14-4-5-15-24(23)32-26-17-7-11-21-30(26)40-35(32)34(31)39/h1-28H;1-23H;1-21H. The lowest BCUT2D eigenvalue weighted by Gasteiger charge is -2.14. The molecule has 0 aliphatic rings. The Kier molecular flexibility index (Phi) is 17.3. The van der Waals surface area contributed by atoms with Crippen molar-refractivity contribution in [1.29, 1.82) is 0 Å². The molecule has 14 heteroatoms. The van der Waals surface area contributed by atoms with E-state index in [1.165, 1.54) is 147 Å². The van der Waals surface area contributed by atoms with Gasteiger partial charge in [0.25, 0.3) is 0 Å². The van der Waals surface area contributed by atoms with Crippen molar-refractivity contribution < 1.29 is 4.42 Å². The van der Waals surface area contributed by atoms with Crippen molar-refractivity contribution in [3.05, 3.63) is 437 Å². The molecule has 11 heterocycles. The molecule has 32 aromatic rings. The van der Waals surface area contributed by atoms with E-state index in [-0.39, 0.29) is 0 Å². The molecular weight excluding hydrogens is 1770 g/mol. The molecule has 650 valence electrons. The van der Waals surface area contributed by atoms with Gasteiger partial charge in [-0.2, -0.15) is 0 Å². The molecule has 0 saturated carbocycles. The number of hydrogen-bond donors (Lipinski definition) is 0. The van der Waals surface area contributed by atoms with Gasteiger partial charge in [-0.1, -0.05) is 340 Å². The lowest BCUT2D eigenvalue weighted by atomic mass is 9.99. The minimum atomic E-state index is 0.645. The Morgan fingerprint density at radius 2 is 0.557 bits per heavy atom. The fraction of sp³-hybridized carbons (Fsp3) is 0. The molecule has 0 spiro atoms. The highest BCUT2D eigenvalue weighted by Gasteiger charge is 2.31. The van der Waals surface area contributed by atoms with Gasteiger partial charge in [0.2, 0.25) is 11.9 Å². The lowest BCUT2D eigenvalue weighted by Crippen LogP contribution is -2.03. The van der Waals surface area contributed by atoms with Gasteiger partial charge in [0.05, 0.1) is 91.7 Å². The van der Waals surface area contributed by atoms with E-state index in [2.05, 4.69) is 413 Å². The van der Waals surface area contributed by atoms with Crippen LogP contribution in [0.3, 0.4) is 0 Å². The van der Waals surface area contributed by atoms with Gasteiger partial charge in [-0.25, -0.2) is 29.9 Å². The van der Waals surface area contributed by atoms with Crippen LogP contribution in [0.15, 0.2) is 441 Å². The topological polar surface area (TPSA) is 110 Å².